The second-order valence-corrected chi connectivity index (χ2v) is 8.41. The molecule has 0 radical (unpaired) electrons. The number of thiophene rings is 1. The quantitative estimate of drug-likeness (QED) is 0.846. The highest BCUT2D eigenvalue weighted by molar-refractivity contribution is 7.91. The molecular weight excluding hydrogens is 294 g/mol. The van der Waals surface area contributed by atoms with E-state index in [1.807, 2.05) is 19.2 Å². The number of aliphatic hydroxyl groups is 1. The van der Waals surface area contributed by atoms with E-state index in [1.165, 1.54) is 4.88 Å². The Bertz CT molecular complexity index is 610. The van der Waals surface area contributed by atoms with Crippen molar-refractivity contribution in [3.63, 3.8) is 0 Å². The first-order chi connectivity index (χ1) is 9.50. The number of nitrogens with zero attached hydrogens (tertiary/aromatic N) is 1. The third-order valence-electron chi connectivity index (χ3n) is 3.35. The maximum absolute atomic E-state index is 11.5. The molecule has 1 fully saturated rings. The van der Waals surface area contributed by atoms with Crippen LogP contribution in [-0.2, 0) is 16.4 Å². The summed E-state index contributed by atoms with van der Waals surface area (Å²) in [4.78, 5) is 4.28. The lowest BCUT2D eigenvalue weighted by atomic mass is 10.2. The van der Waals surface area contributed by atoms with E-state index in [1.54, 1.807) is 11.3 Å². The molecule has 1 aromatic heterocycles. The van der Waals surface area contributed by atoms with E-state index in [0.29, 0.717) is 12.2 Å². The van der Waals surface area contributed by atoms with Gasteiger partial charge in [0, 0.05) is 23.9 Å². The summed E-state index contributed by atoms with van der Waals surface area (Å²) in [5.41, 5.74) is 0. The van der Waals surface area contributed by atoms with Crippen LogP contribution < -0.4 is 0 Å². The lowest BCUT2D eigenvalue weighted by molar-refractivity contribution is 0.256. The van der Waals surface area contributed by atoms with Crippen molar-refractivity contribution in [3.05, 3.63) is 21.9 Å². The van der Waals surface area contributed by atoms with Gasteiger partial charge in [-0.3, -0.25) is 4.90 Å². The third-order valence-corrected chi connectivity index (χ3v) is 6.08. The molecule has 1 aromatic rings. The summed E-state index contributed by atoms with van der Waals surface area (Å²) >= 11 is 1.62. The smallest absolute Gasteiger partial charge is 0.151 e. The number of hydrogen-bond donors (Lipinski definition) is 1. The molecule has 0 bridgehead atoms. The highest BCUT2D eigenvalue weighted by atomic mass is 32.2. The normalized spacial score (nSPS) is 20.9. The Labute approximate surface area is 124 Å². The average Bonchev–Trinajstić information content (AvgIpc) is 2.96. The number of rotatable bonds is 4. The molecule has 0 amide bonds. The minimum Gasteiger partial charge on any atom is -0.395 e. The molecule has 1 aliphatic heterocycles. The molecular formula is C14H19NO3S2. The summed E-state index contributed by atoms with van der Waals surface area (Å²) in [5.74, 6) is 6.50. The van der Waals surface area contributed by atoms with Gasteiger partial charge in [0.2, 0.25) is 0 Å². The molecule has 1 N–H and O–H groups in total. The van der Waals surface area contributed by atoms with E-state index >= 15 is 0 Å². The van der Waals surface area contributed by atoms with E-state index < -0.39 is 9.84 Å². The Morgan fingerprint density at radius 3 is 2.95 bits per heavy atom. The van der Waals surface area contributed by atoms with Crippen molar-refractivity contribution in [1.29, 1.82) is 0 Å². The molecule has 4 nitrogen and oxygen atoms in total. The largest absolute Gasteiger partial charge is 0.395 e. The predicted molar refractivity (Wildman–Crippen MR) is 81.4 cm³/mol. The van der Waals surface area contributed by atoms with Gasteiger partial charge >= 0.3 is 0 Å². The predicted octanol–water partition coefficient (Wildman–Crippen LogP) is 1.10. The standard InChI is InChI=1S/C14H19NO3S2/c1-15(12-7-9-20(17,18)11-12)10-14-6-5-13(19-14)4-2-3-8-16/h5-6,12,16H,3,7-11H2,1H3. The van der Waals surface area contributed by atoms with Gasteiger partial charge in [0.25, 0.3) is 0 Å². The van der Waals surface area contributed by atoms with Crippen molar-refractivity contribution in [3.8, 4) is 11.8 Å². The fourth-order valence-corrected chi connectivity index (χ4v) is 4.98. The van der Waals surface area contributed by atoms with Crippen LogP contribution >= 0.6 is 11.3 Å². The fraction of sp³-hybridized carbons (Fsp3) is 0.571. The molecule has 2 rings (SSSR count). The summed E-state index contributed by atoms with van der Waals surface area (Å²) in [7, 11) is -0.852. The summed E-state index contributed by atoms with van der Waals surface area (Å²) in [6, 6.07) is 4.14. The zero-order valence-electron chi connectivity index (χ0n) is 11.5. The average molecular weight is 313 g/mol. The first-order valence-electron chi connectivity index (χ1n) is 6.59. The molecule has 0 aliphatic carbocycles. The minimum absolute atomic E-state index is 0.0874. The number of hydrogen-bond acceptors (Lipinski definition) is 5. The fourth-order valence-electron chi connectivity index (χ4n) is 2.23. The molecule has 0 aromatic carbocycles. The maximum atomic E-state index is 11.5. The zero-order chi connectivity index (χ0) is 14.6. The Kier molecular flexibility index (Phi) is 5.22. The van der Waals surface area contributed by atoms with Crippen LogP contribution in [0.15, 0.2) is 12.1 Å². The van der Waals surface area contributed by atoms with Crippen LogP contribution in [-0.4, -0.2) is 49.6 Å². The maximum Gasteiger partial charge on any atom is 0.151 e. The van der Waals surface area contributed by atoms with Crippen LogP contribution in [0, 0.1) is 11.8 Å². The van der Waals surface area contributed by atoms with Gasteiger partial charge in [0.1, 0.15) is 0 Å². The van der Waals surface area contributed by atoms with E-state index in [9.17, 15) is 8.42 Å². The first kappa shape index (κ1) is 15.5. The summed E-state index contributed by atoms with van der Waals surface area (Å²) in [5, 5.41) is 8.68. The van der Waals surface area contributed by atoms with Gasteiger partial charge in [-0.05, 0) is 25.6 Å². The van der Waals surface area contributed by atoms with Crippen molar-refractivity contribution < 1.29 is 13.5 Å². The van der Waals surface area contributed by atoms with Crippen molar-refractivity contribution in [2.24, 2.45) is 0 Å². The van der Waals surface area contributed by atoms with Crippen LogP contribution in [0.25, 0.3) is 0 Å². The first-order valence-corrected chi connectivity index (χ1v) is 9.23. The molecule has 1 aliphatic rings. The Hall–Kier alpha value is -0.870. The lowest BCUT2D eigenvalue weighted by Gasteiger charge is -2.22. The molecule has 6 heteroatoms. The van der Waals surface area contributed by atoms with Crippen LogP contribution in [0.4, 0.5) is 0 Å². The van der Waals surface area contributed by atoms with Gasteiger partial charge in [0.15, 0.2) is 9.84 Å². The van der Waals surface area contributed by atoms with Gasteiger partial charge in [0.05, 0.1) is 23.0 Å². The Morgan fingerprint density at radius 2 is 2.30 bits per heavy atom. The van der Waals surface area contributed by atoms with Gasteiger partial charge in [-0.1, -0.05) is 11.8 Å². The monoisotopic (exact) mass is 313 g/mol. The third kappa shape index (κ3) is 4.32. The van der Waals surface area contributed by atoms with Crippen LogP contribution in [0.1, 0.15) is 22.6 Å². The van der Waals surface area contributed by atoms with E-state index in [0.717, 1.165) is 17.8 Å². The molecule has 20 heavy (non-hydrogen) atoms. The second kappa shape index (κ2) is 6.72. The Morgan fingerprint density at radius 1 is 1.50 bits per heavy atom. The van der Waals surface area contributed by atoms with Gasteiger partial charge < -0.3 is 5.11 Å². The van der Waals surface area contributed by atoms with Gasteiger partial charge in [-0.2, -0.15) is 0 Å². The van der Waals surface area contributed by atoms with E-state index in [-0.39, 0.29) is 18.4 Å². The summed E-state index contributed by atoms with van der Waals surface area (Å²) in [6.45, 7) is 0.844. The molecule has 1 atom stereocenters. The SMILES string of the molecule is CN(Cc1ccc(C#CCCO)s1)C1CCS(=O)(=O)C1. The van der Waals surface area contributed by atoms with Crippen molar-refractivity contribution >= 4 is 21.2 Å². The van der Waals surface area contributed by atoms with E-state index in [4.69, 9.17) is 5.11 Å². The molecule has 1 saturated heterocycles. The minimum atomic E-state index is -2.83. The van der Waals surface area contributed by atoms with Crippen LogP contribution in [0.2, 0.25) is 0 Å². The molecule has 1 unspecified atom stereocenters. The topological polar surface area (TPSA) is 57.6 Å². The lowest BCUT2D eigenvalue weighted by Crippen LogP contribution is -2.31. The van der Waals surface area contributed by atoms with Gasteiger partial charge in [-0.25, -0.2) is 8.42 Å². The van der Waals surface area contributed by atoms with Crippen molar-refractivity contribution in [1.82, 2.24) is 4.90 Å². The van der Waals surface area contributed by atoms with Crippen molar-refractivity contribution in [2.45, 2.75) is 25.4 Å². The van der Waals surface area contributed by atoms with Gasteiger partial charge in [-0.15, -0.1) is 11.3 Å². The summed E-state index contributed by atoms with van der Waals surface area (Å²) in [6.07, 6.45) is 1.22. The van der Waals surface area contributed by atoms with Crippen LogP contribution in [0.5, 0.6) is 0 Å². The Balaban J connectivity index is 1.92. The second-order valence-electron chi connectivity index (χ2n) is 5.01. The molecule has 2 heterocycles. The molecule has 0 spiro atoms. The summed E-state index contributed by atoms with van der Waals surface area (Å²) < 4.78 is 23.0. The number of aliphatic hydroxyl groups excluding tert-OH is 1. The van der Waals surface area contributed by atoms with Crippen molar-refractivity contribution in [2.75, 3.05) is 25.2 Å². The highest BCUT2D eigenvalue weighted by Crippen LogP contribution is 2.22. The number of sulfone groups is 1. The zero-order valence-corrected chi connectivity index (χ0v) is 13.1. The highest BCUT2D eigenvalue weighted by Gasteiger charge is 2.30. The molecule has 110 valence electrons. The molecule has 0 saturated carbocycles. The van der Waals surface area contributed by atoms with Crippen LogP contribution in [0.3, 0.4) is 0 Å². The van der Waals surface area contributed by atoms with E-state index in [2.05, 4.69) is 16.7 Å².